The molecule has 3 nitrogen and oxygen atoms in total. The van der Waals surface area contributed by atoms with Crippen LogP contribution in [-0.4, -0.2) is 24.2 Å². The minimum Gasteiger partial charge on any atom is -0.396 e. The molecule has 0 bridgehead atoms. The lowest BCUT2D eigenvalue weighted by molar-refractivity contribution is 0.0950. The lowest BCUT2D eigenvalue weighted by atomic mass is 9.85. The van der Waals surface area contributed by atoms with Gasteiger partial charge in [0.25, 0.3) is 5.91 Å². The highest BCUT2D eigenvalue weighted by atomic mass is 16.3. The van der Waals surface area contributed by atoms with Crippen molar-refractivity contribution >= 4 is 5.91 Å². The number of nitrogens with one attached hydrogen (secondary N) is 1. The van der Waals surface area contributed by atoms with Crippen molar-refractivity contribution in [3.63, 3.8) is 0 Å². The second-order valence-electron chi connectivity index (χ2n) is 5.61. The first-order chi connectivity index (χ1) is 8.36. The summed E-state index contributed by atoms with van der Waals surface area (Å²) in [7, 11) is 0. The van der Waals surface area contributed by atoms with Crippen LogP contribution in [0, 0.1) is 6.92 Å². The summed E-state index contributed by atoms with van der Waals surface area (Å²) in [5.74, 6) is -0.0629. The van der Waals surface area contributed by atoms with Crippen molar-refractivity contribution in [2.45, 2.75) is 39.5 Å². The van der Waals surface area contributed by atoms with Gasteiger partial charge >= 0.3 is 0 Å². The number of amides is 1. The average molecular weight is 249 g/mol. The van der Waals surface area contributed by atoms with Gasteiger partial charge in [0.1, 0.15) is 0 Å². The van der Waals surface area contributed by atoms with Crippen molar-refractivity contribution in [1.29, 1.82) is 0 Å². The molecule has 0 saturated carbocycles. The highest BCUT2D eigenvalue weighted by Crippen LogP contribution is 2.24. The Bertz CT molecular complexity index is 419. The fraction of sp³-hybridized carbons (Fsp3) is 0.533. The summed E-state index contributed by atoms with van der Waals surface area (Å²) >= 11 is 0. The summed E-state index contributed by atoms with van der Waals surface area (Å²) < 4.78 is 0. The Kier molecular flexibility index (Phi) is 4.91. The summed E-state index contributed by atoms with van der Waals surface area (Å²) in [4.78, 5) is 12.0. The Morgan fingerprint density at radius 2 is 2.00 bits per heavy atom. The zero-order valence-corrected chi connectivity index (χ0v) is 11.7. The van der Waals surface area contributed by atoms with E-state index < -0.39 is 0 Å². The zero-order valence-electron chi connectivity index (χ0n) is 11.7. The SMILES string of the molecule is Cc1ccc(C(C)(C)C)cc1C(=O)NCCCO. The molecule has 0 fully saturated rings. The molecule has 3 heteroatoms. The standard InChI is InChI=1S/C15H23NO2/c1-11-6-7-12(15(2,3)4)10-13(11)14(18)16-8-5-9-17/h6-7,10,17H,5,8-9H2,1-4H3,(H,16,18). The van der Waals surface area contributed by atoms with E-state index in [0.29, 0.717) is 13.0 Å². The lowest BCUT2D eigenvalue weighted by Crippen LogP contribution is -2.26. The van der Waals surface area contributed by atoms with E-state index in [9.17, 15) is 4.79 Å². The first-order valence-electron chi connectivity index (χ1n) is 6.36. The Morgan fingerprint density at radius 1 is 1.33 bits per heavy atom. The van der Waals surface area contributed by atoms with Gasteiger partial charge in [-0.05, 0) is 36.0 Å². The maximum Gasteiger partial charge on any atom is 0.251 e. The van der Waals surface area contributed by atoms with Crippen LogP contribution in [0.4, 0.5) is 0 Å². The molecule has 2 N–H and O–H groups in total. The smallest absolute Gasteiger partial charge is 0.251 e. The Hall–Kier alpha value is -1.35. The maximum atomic E-state index is 12.0. The third-order valence-electron chi connectivity index (χ3n) is 2.97. The first-order valence-corrected chi connectivity index (χ1v) is 6.36. The van der Waals surface area contributed by atoms with E-state index in [1.807, 2.05) is 19.1 Å². The molecular formula is C15H23NO2. The number of aliphatic hydroxyl groups is 1. The molecule has 0 aliphatic rings. The first kappa shape index (κ1) is 14.7. The average Bonchev–Trinajstić information content (AvgIpc) is 2.28. The lowest BCUT2D eigenvalue weighted by Gasteiger charge is -2.20. The number of hydrogen-bond acceptors (Lipinski definition) is 2. The summed E-state index contributed by atoms with van der Waals surface area (Å²) in [5.41, 5.74) is 2.89. The quantitative estimate of drug-likeness (QED) is 0.805. The maximum absolute atomic E-state index is 12.0. The van der Waals surface area contributed by atoms with Gasteiger partial charge in [-0.2, -0.15) is 0 Å². The molecule has 0 heterocycles. The largest absolute Gasteiger partial charge is 0.396 e. The number of aryl methyl sites for hydroxylation is 1. The molecule has 0 spiro atoms. The molecule has 0 aliphatic carbocycles. The van der Waals surface area contributed by atoms with E-state index in [-0.39, 0.29) is 17.9 Å². The second kappa shape index (κ2) is 6.01. The summed E-state index contributed by atoms with van der Waals surface area (Å²) in [6.45, 7) is 8.94. The van der Waals surface area contributed by atoms with Crippen LogP contribution in [0.5, 0.6) is 0 Å². The highest BCUT2D eigenvalue weighted by molar-refractivity contribution is 5.95. The number of carbonyl (C=O) groups excluding carboxylic acids is 1. The molecule has 0 aromatic heterocycles. The van der Waals surface area contributed by atoms with Gasteiger partial charge in [-0.25, -0.2) is 0 Å². The summed E-state index contributed by atoms with van der Waals surface area (Å²) in [5, 5.41) is 11.5. The normalized spacial score (nSPS) is 11.4. The molecule has 1 rings (SSSR count). The molecule has 0 radical (unpaired) electrons. The van der Waals surface area contributed by atoms with E-state index in [1.165, 1.54) is 0 Å². The summed E-state index contributed by atoms with van der Waals surface area (Å²) in [6.07, 6.45) is 0.587. The minimum atomic E-state index is -0.0629. The van der Waals surface area contributed by atoms with Crippen LogP contribution >= 0.6 is 0 Å². The number of rotatable bonds is 4. The molecule has 0 unspecified atom stereocenters. The predicted molar refractivity (Wildman–Crippen MR) is 73.9 cm³/mol. The molecule has 1 amide bonds. The van der Waals surface area contributed by atoms with Crippen LogP contribution in [-0.2, 0) is 5.41 Å². The fourth-order valence-electron chi connectivity index (χ4n) is 1.71. The highest BCUT2D eigenvalue weighted by Gasteiger charge is 2.17. The van der Waals surface area contributed by atoms with Crippen molar-refractivity contribution in [3.8, 4) is 0 Å². The fourth-order valence-corrected chi connectivity index (χ4v) is 1.71. The van der Waals surface area contributed by atoms with Gasteiger partial charge in [-0.3, -0.25) is 4.79 Å². The van der Waals surface area contributed by atoms with Gasteiger partial charge in [0.05, 0.1) is 0 Å². The number of benzene rings is 1. The van der Waals surface area contributed by atoms with Gasteiger partial charge < -0.3 is 10.4 Å². The third kappa shape index (κ3) is 3.84. The van der Waals surface area contributed by atoms with Gasteiger partial charge in [-0.15, -0.1) is 0 Å². The molecule has 0 saturated heterocycles. The second-order valence-corrected chi connectivity index (χ2v) is 5.61. The van der Waals surface area contributed by atoms with E-state index >= 15 is 0 Å². The zero-order chi connectivity index (χ0) is 13.8. The van der Waals surface area contributed by atoms with Crippen LogP contribution in [0.1, 0.15) is 48.7 Å². The Labute approximate surface area is 109 Å². The van der Waals surface area contributed by atoms with E-state index in [4.69, 9.17) is 5.11 Å². The van der Waals surface area contributed by atoms with E-state index in [1.54, 1.807) is 0 Å². The van der Waals surface area contributed by atoms with E-state index in [0.717, 1.165) is 16.7 Å². The van der Waals surface area contributed by atoms with Gasteiger partial charge in [-0.1, -0.05) is 32.9 Å². The molecule has 0 atom stereocenters. The van der Waals surface area contributed by atoms with Crippen molar-refractivity contribution in [2.24, 2.45) is 0 Å². The van der Waals surface area contributed by atoms with Gasteiger partial charge in [0.2, 0.25) is 0 Å². The van der Waals surface area contributed by atoms with Crippen LogP contribution in [0.15, 0.2) is 18.2 Å². The molecule has 0 aliphatic heterocycles. The van der Waals surface area contributed by atoms with E-state index in [2.05, 4.69) is 32.2 Å². The Morgan fingerprint density at radius 3 is 2.56 bits per heavy atom. The molecule has 100 valence electrons. The minimum absolute atomic E-state index is 0.0355. The monoisotopic (exact) mass is 249 g/mol. The number of hydrogen-bond donors (Lipinski definition) is 2. The summed E-state index contributed by atoms with van der Waals surface area (Å²) in [6, 6.07) is 6.02. The Balaban J connectivity index is 2.90. The van der Waals surface area contributed by atoms with Crippen LogP contribution in [0.2, 0.25) is 0 Å². The molecule has 1 aromatic rings. The number of aliphatic hydroxyl groups excluding tert-OH is 1. The van der Waals surface area contributed by atoms with Crippen molar-refractivity contribution < 1.29 is 9.90 Å². The molecule has 1 aromatic carbocycles. The third-order valence-corrected chi connectivity index (χ3v) is 2.97. The van der Waals surface area contributed by atoms with Crippen molar-refractivity contribution in [2.75, 3.05) is 13.2 Å². The van der Waals surface area contributed by atoms with Crippen LogP contribution in [0.3, 0.4) is 0 Å². The van der Waals surface area contributed by atoms with Gasteiger partial charge in [0.15, 0.2) is 0 Å². The van der Waals surface area contributed by atoms with Crippen LogP contribution in [0.25, 0.3) is 0 Å². The van der Waals surface area contributed by atoms with Crippen molar-refractivity contribution in [3.05, 3.63) is 34.9 Å². The van der Waals surface area contributed by atoms with Crippen molar-refractivity contribution in [1.82, 2.24) is 5.32 Å². The van der Waals surface area contributed by atoms with Gasteiger partial charge in [0, 0.05) is 18.7 Å². The topological polar surface area (TPSA) is 49.3 Å². The number of carbonyl (C=O) groups is 1. The molecule has 18 heavy (non-hydrogen) atoms. The van der Waals surface area contributed by atoms with Crippen LogP contribution < -0.4 is 5.32 Å². The molecular weight excluding hydrogens is 226 g/mol. The predicted octanol–water partition coefficient (Wildman–Crippen LogP) is 2.40.